The van der Waals surface area contributed by atoms with Crippen molar-refractivity contribution in [1.82, 2.24) is 10.3 Å². The molecule has 1 saturated heterocycles. The molecule has 118 valence electrons. The smallest absolute Gasteiger partial charge is 0.227 e. The number of nitrogens with zero attached hydrogens (tertiary/aromatic N) is 2. The Morgan fingerprint density at radius 3 is 2.61 bits per heavy atom. The molecule has 0 spiro atoms. The average molecular weight is 330 g/mol. The molecule has 2 aromatic rings. The molecule has 0 aliphatic carbocycles. The second kappa shape index (κ2) is 6.79. The molecule has 1 atom stereocenters. The van der Waals surface area contributed by atoms with Gasteiger partial charge in [-0.05, 0) is 42.0 Å². The van der Waals surface area contributed by atoms with Crippen molar-refractivity contribution < 1.29 is 9.59 Å². The summed E-state index contributed by atoms with van der Waals surface area (Å²) in [6, 6.07) is 10.7. The lowest BCUT2D eigenvalue weighted by molar-refractivity contribution is -0.126. The Hall–Kier alpha value is -2.40. The lowest BCUT2D eigenvalue weighted by Crippen LogP contribution is -2.32. The first kappa shape index (κ1) is 15.5. The van der Waals surface area contributed by atoms with Gasteiger partial charge in [0.15, 0.2) is 0 Å². The molecule has 2 amide bonds. The molecule has 6 heteroatoms. The van der Waals surface area contributed by atoms with Crippen molar-refractivity contribution in [1.29, 1.82) is 0 Å². The van der Waals surface area contributed by atoms with Gasteiger partial charge < -0.3 is 10.2 Å². The van der Waals surface area contributed by atoms with Crippen molar-refractivity contribution >= 4 is 29.1 Å². The number of halogens is 1. The van der Waals surface area contributed by atoms with Crippen molar-refractivity contribution in [3.05, 3.63) is 59.4 Å². The molecule has 1 fully saturated rings. The van der Waals surface area contributed by atoms with Crippen molar-refractivity contribution in [2.45, 2.75) is 13.0 Å². The van der Waals surface area contributed by atoms with Gasteiger partial charge in [-0.3, -0.25) is 14.6 Å². The number of carbonyl (C=O) groups excluding carboxylic acids is 2. The summed E-state index contributed by atoms with van der Waals surface area (Å²) in [4.78, 5) is 30.0. The molecule has 1 aliphatic rings. The zero-order valence-electron chi connectivity index (χ0n) is 12.4. The number of hydrogen-bond donors (Lipinski definition) is 1. The first-order valence-electron chi connectivity index (χ1n) is 7.36. The monoisotopic (exact) mass is 329 g/mol. The molecule has 1 aliphatic heterocycles. The van der Waals surface area contributed by atoms with Gasteiger partial charge in [-0.15, -0.1) is 0 Å². The van der Waals surface area contributed by atoms with E-state index in [1.807, 2.05) is 12.1 Å². The summed E-state index contributed by atoms with van der Waals surface area (Å²) in [6.07, 6.45) is 3.59. The van der Waals surface area contributed by atoms with E-state index in [1.165, 1.54) is 0 Å². The molecular formula is C17H16ClN3O2. The largest absolute Gasteiger partial charge is 0.352 e. The lowest BCUT2D eigenvalue weighted by Gasteiger charge is -2.16. The number of hydrogen-bond acceptors (Lipinski definition) is 3. The summed E-state index contributed by atoms with van der Waals surface area (Å²) in [5, 5.41) is 3.49. The van der Waals surface area contributed by atoms with Crippen LogP contribution < -0.4 is 10.2 Å². The van der Waals surface area contributed by atoms with Crippen LogP contribution in [0.1, 0.15) is 12.0 Å². The van der Waals surface area contributed by atoms with Crippen LogP contribution in [0.15, 0.2) is 48.8 Å². The Morgan fingerprint density at radius 2 is 1.91 bits per heavy atom. The van der Waals surface area contributed by atoms with Crippen molar-refractivity contribution in [2.75, 3.05) is 11.4 Å². The van der Waals surface area contributed by atoms with Crippen LogP contribution in [0.5, 0.6) is 0 Å². The standard InChI is InChI=1S/C17H16ClN3O2/c18-14-1-3-15(4-2-14)21-11-13(9-16(21)22)17(23)20-10-12-5-7-19-8-6-12/h1-8,13H,9-11H2,(H,20,23). The maximum atomic E-state index is 12.3. The SMILES string of the molecule is O=C(NCc1ccncc1)C1CC(=O)N(c2ccc(Cl)cc2)C1. The number of rotatable bonds is 4. The Labute approximate surface area is 139 Å². The van der Waals surface area contributed by atoms with Crippen LogP contribution in [0, 0.1) is 5.92 Å². The lowest BCUT2D eigenvalue weighted by atomic mass is 10.1. The topological polar surface area (TPSA) is 62.3 Å². The Morgan fingerprint density at radius 1 is 1.22 bits per heavy atom. The third-order valence-electron chi connectivity index (χ3n) is 3.85. The van der Waals surface area contributed by atoms with Crippen LogP contribution in [0.2, 0.25) is 5.02 Å². The minimum absolute atomic E-state index is 0.0450. The van der Waals surface area contributed by atoms with Gasteiger partial charge >= 0.3 is 0 Å². The maximum Gasteiger partial charge on any atom is 0.227 e. The summed E-state index contributed by atoms with van der Waals surface area (Å²) in [6.45, 7) is 0.829. The summed E-state index contributed by atoms with van der Waals surface area (Å²) in [7, 11) is 0. The van der Waals surface area contributed by atoms with Gasteiger partial charge in [-0.2, -0.15) is 0 Å². The van der Waals surface area contributed by atoms with Gasteiger partial charge in [0.1, 0.15) is 0 Å². The molecule has 1 aromatic heterocycles. The van der Waals surface area contributed by atoms with Gasteiger partial charge in [0, 0.05) is 42.6 Å². The van der Waals surface area contributed by atoms with Crippen molar-refractivity contribution in [2.24, 2.45) is 5.92 Å². The molecule has 1 N–H and O–H groups in total. The van der Waals surface area contributed by atoms with Crippen LogP contribution in [0.25, 0.3) is 0 Å². The molecule has 1 unspecified atom stereocenters. The molecular weight excluding hydrogens is 314 g/mol. The molecule has 5 nitrogen and oxygen atoms in total. The van der Waals surface area contributed by atoms with E-state index in [0.29, 0.717) is 18.1 Å². The Bertz CT molecular complexity index is 704. The third kappa shape index (κ3) is 3.68. The van der Waals surface area contributed by atoms with Crippen LogP contribution in [-0.4, -0.2) is 23.3 Å². The summed E-state index contributed by atoms with van der Waals surface area (Å²) in [5.41, 5.74) is 1.75. The number of amides is 2. The van der Waals surface area contributed by atoms with E-state index >= 15 is 0 Å². The molecule has 23 heavy (non-hydrogen) atoms. The zero-order valence-corrected chi connectivity index (χ0v) is 13.2. The van der Waals surface area contributed by atoms with Gasteiger partial charge in [0.25, 0.3) is 0 Å². The number of carbonyl (C=O) groups is 2. The van der Waals surface area contributed by atoms with Crippen molar-refractivity contribution in [3.8, 4) is 0 Å². The van der Waals surface area contributed by atoms with Crippen LogP contribution >= 0.6 is 11.6 Å². The van der Waals surface area contributed by atoms with Gasteiger partial charge in [0.2, 0.25) is 11.8 Å². The average Bonchev–Trinajstić information content (AvgIpc) is 2.96. The van der Waals surface area contributed by atoms with Gasteiger partial charge in [-0.1, -0.05) is 11.6 Å². The fourth-order valence-corrected chi connectivity index (χ4v) is 2.71. The predicted octanol–water partition coefficient (Wildman–Crippen LogP) is 2.40. The van der Waals surface area contributed by atoms with Gasteiger partial charge in [-0.25, -0.2) is 0 Å². The van der Waals surface area contributed by atoms with Gasteiger partial charge in [0.05, 0.1) is 5.92 Å². The van der Waals surface area contributed by atoms with Crippen LogP contribution in [0.4, 0.5) is 5.69 Å². The normalized spacial score (nSPS) is 17.3. The highest BCUT2D eigenvalue weighted by atomic mass is 35.5. The summed E-state index contributed by atoms with van der Waals surface area (Å²) in [5.74, 6) is -0.483. The van der Waals surface area contributed by atoms with E-state index in [0.717, 1.165) is 11.3 Å². The maximum absolute atomic E-state index is 12.3. The quantitative estimate of drug-likeness (QED) is 0.937. The Kier molecular flexibility index (Phi) is 4.57. The van der Waals surface area contributed by atoms with Crippen LogP contribution in [0.3, 0.4) is 0 Å². The fraction of sp³-hybridized carbons (Fsp3) is 0.235. The van der Waals surface area contributed by atoms with Crippen molar-refractivity contribution in [3.63, 3.8) is 0 Å². The highest BCUT2D eigenvalue weighted by Gasteiger charge is 2.34. The number of pyridine rings is 1. The molecule has 0 bridgehead atoms. The number of benzene rings is 1. The highest BCUT2D eigenvalue weighted by Crippen LogP contribution is 2.26. The second-order valence-corrected chi connectivity index (χ2v) is 5.89. The van der Waals surface area contributed by atoms with E-state index in [1.54, 1.807) is 41.6 Å². The summed E-state index contributed by atoms with van der Waals surface area (Å²) < 4.78 is 0. The first-order valence-corrected chi connectivity index (χ1v) is 7.74. The van der Waals surface area contributed by atoms with E-state index in [4.69, 9.17) is 11.6 Å². The molecule has 2 heterocycles. The number of aromatic nitrogens is 1. The number of nitrogens with one attached hydrogen (secondary N) is 1. The first-order chi connectivity index (χ1) is 11.1. The zero-order chi connectivity index (χ0) is 16.2. The summed E-state index contributed by atoms with van der Waals surface area (Å²) >= 11 is 5.86. The minimum Gasteiger partial charge on any atom is -0.352 e. The second-order valence-electron chi connectivity index (χ2n) is 5.46. The molecule has 3 rings (SSSR count). The van der Waals surface area contributed by atoms with E-state index in [9.17, 15) is 9.59 Å². The fourth-order valence-electron chi connectivity index (χ4n) is 2.59. The van der Waals surface area contributed by atoms with Crippen LogP contribution in [-0.2, 0) is 16.1 Å². The molecule has 0 radical (unpaired) electrons. The van der Waals surface area contributed by atoms with E-state index < -0.39 is 0 Å². The molecule has 1 aromatic carbocycles. The third-order valence-corrected chi connectivity index (χ3v) is 4.10. The number of anilines is 1. The predicted molar refractivity (Wildman–Crippen MR) is 88.0 cm³/mol. The minimum atomic E-state index is -0.333. The van der Waals surface area contributed by atoms with E-state index in [2.05, 4.69) is 10.3 Å². The highest BCUT2D eigenvalue weighted by molar-refractivity contribution is 6.30. The molecule has 0 saturated carbocycles. The Balaban J connectivity index is 1.60. The van der Waals surface area contributed by atoms with E-state index in [-0.39, 0.29) is 24.2 Å².